The molecule has 1 fully saturated rings. The fraction of sp³-hybridized carbons (Fsp3) is 0.635. The van der Waals surface area contributed by atoms with Gasteiger partial charge in [0.1, 0.15) is 42.3 Å². The molecule has 2 rings (SSSR count). The Hall–Kier alpha value is -8.04. The summed E-state index contributed by atoms with van der Waals surface area (Å²) in [6, 6.07) is -2.62. The molecule has 33 heteroatoms. The number of aliphatic hydroxyl groups excluding tert-OH is 2. The molecule has 0 radical (unpaired) electrons. The lowest BCUT2D eigenvalue weighted by atomic mass is 10.00. The molecule has 478 valence electrons. The molecule has 18 N–H and O–H groups in total. The van der Waals surface area contributed by atoms with Crippen LogP contribution in [0.4, 0.5) is 13.2 Å². The minimum atomic E-state index is -5.08. The molecule has 0 aliphatic carbocycles. The largest absolute Gasteiger partial charge is 0.490 e. The van der Waals surface area contributed by atoms with Gasteiger partial charge in [-0.05, 0) is 82.7 Å². The number of alkyl halides is 3. The number of nitrogens with zero attached hydrogens (tertiary/aromatic N) is 1. The van der Waals surface area contributed by atoms with Gasteiger partial charge in [0.2, 0.25) is 59.1 Å². The molecule has 0 aromatic heterocycles. The summed E-state index contributed by atoms with van der Waals surface area (Å²) in [6.45, 7) is 7.85. The third-order valence-corrected chi connectivity index (χ3v) is 12.4. The number of hydrogen-bond acceptors (Lipinski definition) is 17. The minimum absolute atomic E-state index is 0.0388. The standard InChI is InChI=1S/C50H80N12O16.C2HF3O2/c1-26(2)19-33(57-46(73)36-16-12-18-62(36)49(76)35(20-27(3)4)59-43(70)31(52)22-40(68)69)45(72)61-42(29(6)64)48(75)58-34(21-30-13-8-7-9-14-30)44(71)55-24-38(66)53-23-37(65)54-25-39(67)60-41(28(5)63)47(74)56-32(50(77)78)15-10-11-17-51;3-2(4,5)1(6)7/h7-9,13-14,26-29,31-36,41-42,63-64H,10-12,15-25,51-52H2,1-6H3,(H,53,66)(H,54,65)(H,55,71)(H,56,74)(H,57,73)(H,58,75)(H,59,70)(H,60,67)(H,61,72)(H,68,69)(H,77,78);(H,6,7). The number of aliphatic hydroxyl groups is 2. The lowest BCUT2D eigenvalue weighted by Crippen LogP contribution is -2.61. The lowest BCUT2D eigenvalue weighted by Gasteiger charge is -2.31. The van der Waals surface area contributed by atoms with Crippen LogP contribution in [0, 0.1) is 11.8 Å². The zero-order valence-corrected chi connectivity index (χ0v) is 48.0. The molecule has 85 heavy (non-hydrogen) atoms. The van der Waals surface area contributed by atoms with E-state index in [1.165, 1.54) is 18.7 Å². The predicted molar refractivity (Wildman–Crippen MR) is 292 cm³/mol. The van der Waals surface area contributed by atoms with Gasteiger partial charge in [-0.1, -0.05) is 58.0 Å². The second kappa shape index (κ2) is 37.3. The zero-order valence-electron chi connectivity index (χ0n) is 48.0. The molecule has 10 unspecified atom stereocenters. The first-order valence-corrected chi connectivity index (χ1v) is 27.1. The number of carbonyl (C=O) groups is 13. The van der Waals surface area contributed by atoms with Crippen molar-refractivity contribution in [1.29, 1.82) is 0 Å². The Kier molecular flexibility index (Phi) is 32.9. The molecule has 1 heterocycles. The van der Waals surface area contributed by atoms with Gasteiger partial charge in [-0.25, -0.2) is 9.59 Å². The van der Waals surface area contributed by atoms with E-state index in [-0.39, 0.29) is 50.5 Å². The normalized spacial score (nSPS) is 16.1. The zero-order chi connectivity index (χ0) is 64.9. The number of likely N-dealkylation sites (tertiary alicyclic amines) is 1. The maximum Gasteiger partial charge on any atom is 0.490 e. The molecular weight excluding hydrogens is 1140 g/mol. The molecule has 30 nitrogen and oxygen atoms in total. The molecule has 1 saturated heterocycles. The van der Waals surface area contributed by atoms with E-state index in [0.29, 0.717) is 31.4 Å². The van der Waals surface area contributed by atoms with Crippen molar-refractivity contribution in [2.24, 2.45) is 23.3 Å². The molecule has 1 aliphatic heterocycles. The number of aliphatic carboxylic acids is 3. The second-order valence-electron chi connectivity index (χ2n) is 20.8. The fourth-order valence-electron chi connectivity index (χ4n) is 8.12. The van der Waals surface area contributed by atoms with Gasteiger partial charge in [0.15, 0.2) is 0 Å². The average molecular weight is 1220 g/mol. The second-order valence-corrected chi connectivity index (χ2v) is 20.8. The van der Waals surface area contributed by atoms with Gasteiger partial charge in [-0.3, -0.25) is 52.7 Å². The molecule has 10 amide bonds. The fourth-order valence-corrected chi connectivity index (χ4v) is 8.12. The van der Waals surface area contributed by atoms with Crippen molar-refractivity contribution < 1.29 is 101 Å². The number of carbonyl (C=O) groups excluding carboxylic acids is 10. The van der Waals surface area contributed by atoms with Crippen LogP contribution in [-0.2, 0) is 68.7 Å². The minimum Gasteiger partial charge on any atom is -0.481 e. The van der Waals surface area contributed by atoms with Crippen molar-refractivity contribution in [3.05, 3.63) is 35.9 Å². The first-order chi connectivity index (χ1) is 39.6. The Bertz CT molecular complexity index is 2450. The molecule has 0 bridgehead atoms. The van der Waals surface area contributed by atoms with Crippen LogP contribution in [0.25, 0.3) is 0 Å². The third kappa shape index (κ3) is 28.9. The molecule has 0 saturated carbocycles. The van der Waals surface area contributed by atoms with Gasteiger partial charge >= 0.3 is 24.1 Å². The third-order valence-electron chi connectivity index (χ3n) is 12.4. The van der Waals surface area contributed by atoms with Crippen molar-refractivity contribution in [2.75, 3.05) is 32.7 Å². The molecule has 1 aliphatic rings. The number of carboxylic acid groups (broad SMARTS) is 3. The van der Waals surface area contributed by atoms with Crippen LogP contribution in [0.15, 0.2) is 30.3 Å². The number of amides is 10. The highest BCUT2D eigenvalue weighted by molar-refractivity contribution is 5.98. The lowest BCUT2D eigenvalue weighted by molar-refractivity contribution is -0.192. The number of hydrogen-bond donors (Lipinski definition) is 16. The summed E-state index contributed by atoms with van der Waals surface area (Å²) in [6.07, 6.45) is -7.22. The van der Waals surface area contributed by atoms with Crippen LogP contribution in [0.2, 0.25) is 0 Å². The Labute approximate surface area is 487 Å². The van der Waals surface area contributed by atoms with Crippen molar-refractivity contribution in [2.45, 2.75) is 166 Å². The SMILES string of the molecule is CC(C)CC(NC(=O)C1CCCN1C(=O)C(CC(C)C)NC(=O)C(N)CC(=O)O)C(=O)NC(C(=O)NC(Cc1ccccc1)C(=O)NCC(=O)NCC(=O)NCC(=O)NC(C(=O)NC(CCCCN)C(=O)O)C(C)O)C(C)O.O=C(O)C(F)(F)F. The number of unbranched alkanes of at least 4 members (excludes halogenated alkanes) is 1. The summed E-state index contributed by atoms with van der Waals surface area (Å²) in [5.74, 6) is -14.4. The van der Waals surface area contributed by atoms with E-state index >= 15 is 0 Å². The number of carboxylic acids is 3. The monoisotopic (exact) mass is 1220 g/mol. The van der Waals surface area contributed by atoms with Crippen LogP contribution in [0.1, 0.15) is 98.5 Å². The highest BCUT2D eigenvalue weighted by Crippen LogP contribution is 2.22. The average Bonchev–Trinajstić information content (AvgIpc) is 3.44. The molecular formula is C52H81F3N12O18. The molecule has 10 atom stereocenters. The van der Waals surface area contributed by atoms with E-state index in [2.05, 4.69) is 47.9 Å². The Morgan fingerprint density at radius 1 is 0.612 bits per heavy atom. The van der Waals surface area contributed by atoms with Crippen LogP contribution >= 0.6 is 0 Å². The number of nitrogens with two attached hydrogens (primary N) is 2. The van der Waals surface area contributed by atoms with Gasteiger partial charge in [0.05, 0.1) is 44.3 Å². The van der Waals surface area contributed by atoms with Crippen LogP contribution in [0.3, 0.4) is 0 Å². The van der Waals surface area contributed by atoms with E-state index in [1.807, 2.05) is 0 Å². The number of halogens is 3. The van der Waals surface area contributed by atoms with E-state index in [0.717, 1.165) is 0 Å². The topological polar surface area (TPSA) is 487 Å². The van der Waals surface area contributed by atoms with Gasteiger partial charge in [0, 0.05) is 13.0 Å². The summed E-state index contributed by atoms with van der Waals surface area (Å²) >= 11 is 0. The van der Waals surface area contributed by atoms with Crippen molar-refractivity contribution in [3.8, 4) is 0 Å². The summed E-state index contributed by atoms with van der Waals surface area (Å²) in [4.78, 5) is 166. The smallest absolute Gasteiger partial charge is 0.481 e. The molecule has 0 spiro atoms. The highest BCUT2D eigenvalue weighted by atomic mass is 19.4. The van der Waals surface area contributed by atoms with Crippen LogP contribution < -0.4 is 59.3 Å². The van der Waals surface area contributed by atoms with Crippen molar-refractivity contribution in [3.63, 3.8) is 0 Å². The predicted octanol–water partition coefficient (Wildman–Crippen LogP) is -4.02. The van der Waals surface area contributed by atoms with Gasteiger partial charge in [0.25, 0.3) is 0 Å². The molecule has 1 aromatic rings. The van der Waals surface area contributed by atoms with Gasteiger partial charge in [-0.15, -0.1) is 0 Å². The van der Waals surface area contributed by atoms with Gasteiger partial charge in [-0.2, -0.15) is 13.2 Å². The van der Waals surface area contributed by atoms with Gasteiger partial charge < -0.3 is 89.8 Å². The Balaban J connectivity index is 0.00000483. The number of nitrogens with one attached hydrogen (secondary N) is 9. The summed E-state index contributed by atoms with van der Waals surface area (Å²) in [7, 11) is 0. The molecule has 1 aromatic carbocycles. The quantitative estimate of drug-likeness (QED) is 0.0292. The maximum absolute atomic E-state index is 14.0. The van der Waals surface area contributed by atoms with Crippen molar-refractivity contribution >= 4 is 77.0 Å². The summed E-state index contributed by atoms with van der Waals surface area (Å²) in [5.41, 5.74) is 11.7. The first-order valence-electron chi connectivity index (χ1n) is 27.1. The Morgan fingerprint density at radius 3 is 1.60 bits per heavy atom. The first kappa shape index (κ1) is 75.0. The van der Waals surface area contributed by atoms with E-state index in [9.17, 15) is 86.0 Å². The highest BCUT2D eigenvalue weighted by Gasteiger charge is 2.41. The maximum atomic E-state index is 14.0. The summed E-state index contributed by atoms with van der Waals surface area (Å²) in [5, 5.41) is 68.1. The van der Waals surface area contributed by atoms with E-state index in [1.54, 1.807) is 58.0 Å². The van der Waals surface area contributed by atoms with E-state index < -0.39 is 170 Å². The number of rotatable bonds is 34. The summed E-state index contributed by atoms with van der Waals surface area (Å²) < 4.78 is 31.7. The van der Waals surface area contributed by atoms with E-state index in [4.69, 9.17) is 26.5 Å². The Morgan fingerprint density at radius 2 is 1.11 bits per heavy atom. The van der Waals surface area contributed by atoms with Crippen molar-refractivity contribution in [1.82, 2.24) is 52.8 Å². The van der Waals surface area contributed by atoms with Crippen LogP contribution in [-0.4, -0.2) is 207 Å². The van der Waals surface area contributed by atoms with Crippen LogP contribution in [0.5, 0.6) is 0 Å². The number of benzene rings is 1.